The normalized spacial score (nSPS) is 14.5. The lowest BCUT2D eigenvalue weighted by molar-refractivity contribution is -0.117. The van der Waals surface area contributed by atoms with E-state index in [0.717, 1.165) is 51.8 Å². The van der Waals surface area contributed by atoms with Gasteiger partial charge in [0.2, 0.25) is 5.91 Å². The fraction of sp³-hybridized carbons (Fsp3) is 0.250. The molecule has 6 nitrogen and oxygen atoms in total. The SMILES string of the molecule is Cl.N[C@H](Cc1c[nH]c2ccccc12)C(=O)Nc1ccc(N2CCCC2)c2ncccc12. The van der Waals surface area contributed by atoms with Crippen LogP contribution >= 0.6 is 12.4 Å². The Kier molecular flexibility index (Phi) is 6.11. The van der Waals surface area contributed by atoms with E-state index in [1.54, 1.807) is 6.20 Å². The first kappa shape index (κ1) is 21.2. The number of halogens is 1. The van der Waals surface area contributed by atoms with Crippen molar-refractivity contribution in [1.82, 2.24) is 9.97 Å². The minimum absolute atomic E-state index is 0. The number of carbonyl (C=O) groups excluding carboxylic acids is 1. The second kappa shape index (κ2) is 8.96. The van der Waals surface area contributed by atoms with Crippen molar-refractivity contribution >= 4 is 51.5 Å². The lowest BCUT2D eigenvalue weighted by Crippen LogP contribution is -2.37. The van der Waals surface area contributed by atoms with Crippen molar-refractivity contribution in [1.29, 1.82) is 0 Å². The van der Waals surface area contributed by atoms with Crippen LogP contribution in [0, 0.1) is 0 Å². The van der Waals surface area contributed by atoms with Gasteiger partial charge in [-0.05, 0) is 55.2 Å². The van der Waals surface area contributed by atoms with E-state index < -0.39 is 6.04 Å². The lowest BCUT2D eigenvalue weighted by Gasteiger charge is -2.21. The fourth-order valence-corrected chi connectivity index (χ4v) is 4.34. The van der Waals surface area contributed by atoms with Gasteiger partial charge in [-0.15, -0.1) is 12.4 Å². The number of hydrogen-bond donors (Lipinski definition) is 3. The van der Waals surface area contributed by atoms with Crippen LogP contribution in [0.2, 0.25) is 0 Å². The van der Waals surface area contributed by atoms with Gasteiger partial charge in [-0.25, -0.2) is 0 Å². The number of amides is 1. The molecule has 0 saturated carbocycles. The number of aromatic nitrogens is 2. The first-order valence-electron chi connectivity index (χ1n) is 10.4. The van der Waals surface area contributed by atoms with Crippen LogP contribution in [0.5, 0.6) is 0 Å². The van der Waals surface area contributed by atoms with Gasteiger partial charge in [-0.1, -0.05) is 18.2 Å². The van der Waals surface area contributed by atoms with Gasteiger partial charge >= 0.3 is 0 Å². The van der Waals surface area contributed by atoms with Crippen LogP contribution < -0.4 is 16.0 Å². The molecule has 3 heterocycles. The Hall–Kier alpha value is -3.09. The van der Waals surface area contributed by atoms with Crippen LogP contribution in [-0.2, 0) is 11.2 Å². The average molecular weight is 436 g/mol. The lowest BCUT2D eigenvalue weighted by atomic mass is 10.0. The molecule has 0 aliphatic carbocycles. The van der Waals surface area contributed by atoms with E-state index in [-0.39, 0.29) is 18.3 Å². The van der Waals surface area contributed by atoms with Gasteiger partial charge in [0, 0.05) is 41.8 Å². The fourth-order valence-electron chi connectivity index (χ4n) is 4.34. The number of para-hydroxylation sites is 1. The minimum Gasteiger partial charge on any atom is -0.370 e. The molecule has 1 aliphatic rings. The summed E-state index contributed by atoms with van der Waals surface area (Å²) in [5.41, 5.74) is 11.2. The largest absolute Gasteiger partial charge is 0.370 e. The number of nitrogens with one attached hydrogen (secondary N) is 2. The molecule has 0 unspecified atom stereocenters. The van der Waals surface area contributed by atoms with Gasteiger partial charge in [0.25, 0.3) is 0 Å². The predicted molar refractivity (Wildman–Crippen MR) is 129 cm³/mol. The summed E-state index contributed by atoms with van der Waals surface area (Å²) in [5, 5.41) is 5.07. The van der Waals surface area contributed by atoms with Gasteiger partial charge in [0.05, 0.1) is 22.9 Å². The molecule has 5 rings (SSSR count). The molecule has 1 aliphatic heterocycles. The molecule has 0 radical (unpaired) electrons. The number of benzene rings is 2. The molecule has 7 heteroatoms. The van der Waals surface area contributed by atoms with E-state index in [1.807, 2.05) is 48.7 Å². The second-order valence-corrected chi connectivity index (χ2v) is 7.89. The van der Waals surface area contributed by atoms with Crippen LogP contribution in [0.15, 0.2) is 60.9 Å². The van der Waals surface area contributed by atoms with Crippen molar-refractivity contribution in [2.75, 3.05) is 23.3 Å². The molecule has 2 aromatic carbocycles. The third-order valence-electron chi connectivity index (χ3n) is 5.90. The average Bonchev–Trinajstić information content (AvgIpc) is 3.45. The number of rotatable bonds is 5. The van der Waals surface area contributed by atoms with E-state index in [9.17, 15) is 4.79 Å². The molecule has 160 valence electrons. The number of pyridine rings is 1. The van der Waals surface area contributed by atoms with Crippen molar-refractivity contribution in [2.45, 2.75) is 25.3 Å². The summed E-state index contributed by atoms with van der Waals surface area (Å²) in [5.74, 6) is -0.195. The zero-order chi connectivity index (χ0) is 20.5. The van der Waals surface area contributed by atoms with Crippen LogP contribution in [0.1, 0.15) is 18.4 Å². The Morgan fingerprint density at radius 3 is 2.71 bits per heavy atom. The monoisotopic (exact) mass is 435 g/mol. The zero-order valence-corrected chi connectivity index (χ0v) is 18.0. The highest BCUT2D eigenvalue weighted by Crippen LogP contribution is 2.32. The summed E-state index contributed by atoms with van der Waals surface area (Å²) in [6.45, 7) is 2.10. The van der Waals surface area contributed by atoms with Gasteiger partial charge in [0.15, 0.2) is 0 Å². The number of H-pyrrole nitrogens is 1. The van der Waals surface area contributed by atoms with Gasteiger partial charge < -0.3 is 20.9 Å². The van der Waals surface area contributed by atoms with E-state index in [2.05, 4.69) is 26.3 Å². The number of hydrogen-bond acceptors (Lipinski definition) is 4. The van der Waals surface area contributed by atoms with E-state index in [4.69, 9.17) is 5.73 Å². The third-order valence-corrected chi connectivity index (χ3v) is 5.90. The molecule has 1 atom stereocenters. The smallest absolute Gasteiger partial charge is 0.241 e. The number of anilines is 2. The summed E-state index contributed by atoms with van der Waals surface area (Å²) >= 11 is 0. The summed E-state index contributed by atoms with van der Waals surface area (Å²) < 4.78 is 0. The topological polar surface area (TPSA) is 87.0 Å². The number of fused-ring (bicyclic) bond motifs is 2. The first-order chi connectivity index (χ1) is 14.7. The van der Waals surface area contributed by atoms with Crippen LogP contribution in [0.4, 0.5) is 11.4 Å². The molecule has 0 bridgehead atoms. The standard InChI is InChI=1S/C24H25N5O.ClH/c25-19(14-16-15-27-20-8-2-1-6-17(16)20)24(30)28-21-9-10-22(29-12-3-4-13-29)23-18(21)7-5-11-26-23;/h1-2,5-11,15,19,27H,3-4,12-14,25H2,(H,28,30);1H/t19-;/m1./s1. The highest BCUT2D eigenvalue weighted by Gasteiger charge is 2.20. The van der Waals surface area contributed by atoms with E-state index >= 15 is 0 Å². The Bertz CT molecular complexity index is 1220. The summed E-state index contributed by atoms with van der Waals surface area (Å²) in [4.78, 5) is 23.1. The molecular weight excluding hydrogens is 410 g/mol. The van der Waals surface area contributed by atoms with Crippen molar-refractivity contribution in [3.8, 4) is 0 Å². The maximum absolute atomic E-state index is 12.9. The van der Waals surface area contributed by atoms with Gasteiger partial charge in [-0.3, -0.25) is 9.78 Å². The van der Waals surface area contributed by atoms with Crippen molar-refractivity contribution < 1.29 is 4.79 Å². The summed E-state index contributed by atoms with van der Waals surface area (Å²) in [6.07, 6.45) is 6.61. The Balaban J connectivity index is 0.00000231. The summed E-state index contributed by atoms with van der Waals surface area (Å²) in [7, 11) is 0. The minimum atomic E-state index is -0.644. The molecule has 2 aromatic heterocycles. The van der Waals surface area contributed by atoms with Crippen LogP contribution in [-0.4, -0.2) is 35.0 Å². The zero-order valence-electron chi connectivity index (χ0n) is 17.2. The van der Waals surface area contributed by atoms with E-state index in [0.29, 0.717) is 6.42 Å². The third kappa shape index (κ3) is 4.09. The predicted octanol–water partition coefficient (Wildman–Crippen LogP) is 4.25. The quantitative estimate of drug-likeness (QED) is 0.437. The van der Waals surface area contributed by atoms with Gasteiger partial charge in [0.1, 0.15) is 0 Å². The molecule has 0 spiro atoms. The maximum atomic E-state index is 12.9. The second-order valence-electron chi connectivity index (χ2n) is 7.89. The summed E-state index contributed by atoms with van der Waals surface area (Å²) in [6, 6.07) is 15.3. The highest BCUT2D eigenvalue weighted by molar-refractivity contribution is 6.06. The van der Waals surface area contributed by atoms with E-state index in [1.165, 1.54) is 12.8 Å². The molecular formula is C24H26ClN5O. The molecule has 1 saturated heterocycles. The van der Waals surface area contributed by atoms with Crippen molar-refractivity contribution in [2.24, 2.45) is 5.73 Å². The van der Waals surface area contributed by atoms with Crippen LogP contribution in [0.25, 0.3) is 21.8 Å². The number of carbonyl (C=O) groups is 1. The van der Waals surface area contributed by atoms with Crippen molar-refractivity contribution in [3.63, 3.8) is 0 Å². The Morgan fingerprint density at radius 1 is 1.10 bits per heavy atom. The number of nitrogens with zero attached hydrogens (tertiary/aromatic N) is 2. The first-order valence-corrected chi connectivity index (χ1v) is 10.4. The van der Waals surface area contributed by atoms with Crippen LogP contribution in [0.3, 0.4) is 0 Å². The molecule has 4 aromatic rings. The van der Waals surface area contributed by atoms with Crippen molar-refractivity contribution in [3.05, 3.63) is 66.5 Å². The molecule has 4 N–H and O–H groups in total. The highest BCUT2D eigenvalue weighted by atomic mass is 35.5. The number of aromatic amines is 1. The van der Waals surface area contributed by atoms with Gasteiger partial charge in [-0.2, -0.15) is 0 Å². The maximum Gasteiger partial charge on any atom is 0.241 e. The molecule has 31 heavy (non-hydrogen) atoms. The molecule has 1 fully saturated rings. The Labute approximate surface area is 187 Å². The molecule has 1 amide bonds. The number of nitrogens with two attached hydrogens (primary N) is 1. The Morgan fingerprint density at radius 2 is 1.87 bits per heavy atom.